The first kappa shape index (κ1) is 39.5. The molecule has 5 heteroatoms. The van der Waals surface area contributed by atoms with Crippen molar-refractivity contribution in [3.05, 3.63) is 236 Å². The minimum absolute atomic E-state index is 0.538. The largest absolute Gasteiger partial charge is 0.208 e. The lowest BCUT2D eigenvalue weighted by molar-refractivity contribution is 1.07. The van der Waals surface area contributed by atoms with Crippen LogP contribution in [0.5, 0.6) is 0 Å². The van der Waals surface area contributed by atoms with Crippen molar-refractivity contribution in [2.45, 2.75) is 0 Å². The van der Waals surface area contributed by atoms with Crippen LogP contribution in [0.25, 0.3) is 111 Å². The molecule has 0 amide bonds. The maximum atomic E-state index is 10.1. The number of nitrogens with zero attached hydrogens (tertiary/aromatic N) is 5. The topological polar surface area (TPSA) is 86.2 Å². The Labute approximate surface area is 382 Å². The van der Waals surface area contributed by atoms with Crippen LogP contribution >= 0.6 is 0 Å². The summed E-state index contributed by atoms with van der Waals surface area (Å²) in [7, 11) is 0. The molecule has 1 heterocycles. The van der Waals surface area contributed by atoms with Crippen LogP contribution < -0.4 is 0 Å². The standard InChI is InChI=1S/C61H37N5/c62-38-40-21-24-43(25-22-40)51-16-7-9-19-56(51)61-65-59(48-12-2-1-3-13-48)64-60(66-61)49-34-31-46(32-35-49)57-37-41(39-63)23-36-55(57)54-18-8-6-15-50(54)44-26-28-45(29-27-44)53-20-10-14-47-33-30-42-11-4-5-17-52(42)58(47)53/h1-37H. The van der Waals surface area contributed by atoms with Crippen LogP contribution in [-0.4, -0.2) is 15.0 Å². The third-order valence-corrected chi connectivity index (χ3v) is 12.3. The molecule has 11 rings (SSSR count). The molecule has 0 saturated heterocycles. The van der Waals surface area contributed by atoms with Gasteiger partial charge in [-0.2, -0.15) is 10.5 Å². The van der Waals surface area contributed by atoms with Gasteiger partial charge >= 0.3 is 0 Å². The fourth-order valence-electron chi connectivity index (χ4n) is 8.98. The lowest BCUT2D eigenvalue weighted by atomic mass is 9.87. The molecule has 11 aromatic rings. The van der Waals surface area contributed by atoms with Gasteiger partial charge in [0.1, 0.15) is 0 Å². The lowest BCUT2D eigenvalue weighted by Gasteiger charge is -2.16. The van der Waals surface area contributed by atoms with Gasteiger partial charge in [-0.3, -0.25) is 0 Å². The monoisotopic (exact) mass is 839 g/mol. The molecule has 1 aromatic heterocycles. The van der Waals surface area contributed by atoms with Crippen molar-refractivity contribution < 1.29 is 0 Å². The first-order chi connectivity index (χ1) is 32.6. The number of rotatable bonds is 8. The Morgan fingerprint density at radius 2 is 0.712 bits per heavy atom. The summed E-state index contributed by atoms with van der Waals surface area (Å²) < 4.78 is 0. The number of hydrogen-bond donors (Lipinski definition) is 0. The Bertz CT molecular complexity index is 3690. The zero-order chi connectivity index (χ0) is 44.4. The average Bonchev–Trinajstić information content (AvgIpc) is 3.40. The molecule has 0 atom stereocenters. The second-order valence-electron chi connectivity index (χ2n) is 16.2. The normalized spacial score (nSPS) is 11.0. The molecule has 0 aliphatic carbocycles. The van der Waals surface area contributed by atoms with Gasteiger partial charge < -0.3 is 0 Å². The van der Waals surface area contributed by atoms with E-state index < -0.39 is 0 Å². The van der Waals surface area contributed by atoms with E-state index in [0.29, 0.717) is 28.6 Å². The van der Waals surface area contributed by atoms with Crippen LogP contribution in [0.3, 0.4) is 0 Å². The molecular weight excluding hydrogens is 803 g/mol. The van der Waals surface area contributed by atoms with E-state index in [1.807, 2.05) is 103 Å². The van der Waals surface area contributed by atoms with E-state index in [1.165, 1.54) is 27.1 Å². The molecule has 0 radical (unpaired) electrons. The fourth-order valence-corrected chi connectivity index (χ4v) is 8.98. The summed E-state index contributed by atoms with van der Waals surface area (Å²) in [6.07, 6.45) is 0. The first-order valence-corrected chi connectivity index (χ1v) is 21.8. The first-order valence-electron chi connectivity index (χ1n) is 21.8. The van der Waals surface area contributed by atoms with Crippen LogP contribution in [-0.2, 0) is 0 Å². The summed E-state index contributed by atoms with van der Waals surface area (Å²) in [5, 5.41) is 24.5. The van der Waals surface area contributed by atoms with E-state index in [4.69, 9.17) is 15.0 Å². The highest BCUT2D eigenvalue weighted by molar-refractivity contribution is 6.14. The van der Waals surface area contributed by atoms with E-state index in [1.54, 1.807) is 0 Å². The molecule has 0 spiro atoms. The van der Waals surface area contributed by atoms with Gasteiger partial charge in [0.05, 0.1) is 23.3 Å². The van der Waals surface area contributed by atoms with Gasteiger partial charge in [0.25, 0.3) is 0 Å². The van der Waals surface area contributed by atoms with E-state index in [0.717, 1.165) is 66.8 Å². The van der Waals surface area contributed by atoms with Gasteiger partial charge in [-0.1, -0.05) is 200 Å². The maximum absolute atomic E-state index is 10.1. The van der Waals surface area contributed by atoms with E-state index in [-0.39, 0.29) is 0 Å². The van der Waals surface area contributed by atoms with Gasteiger partial charge in [-0.15, -0.1) is 0 Å². The number of aromatic nitrogens is 3. The van der Waals surface area contributed by atoms with Gasteiger partial charge in [-0.25, -0.2) is 15.0 Å². The molecule has 0 fully saturated rings. The molecule has 0 aliphatic heterocycles. The molecule has 0 N–H and O–H groups in total. The van der Waals surface area contributed by atoms with Crippen LogP contribution in [0.2, 0.25) is 0 Å². The number of fused-ring (bicyclic) bond motifs is 3. The second kappa shape index (κ2) is 17.1. The van der Waals surface area contributed by atoms with E-state index >= 15 is 0 Å². The summed E-state index contributed by atoms with van der Waals surface area (Å²) in [5.74, 6) is 1.65. The van der Waals surface area contributed by atoms with Gasteiger partial charge in [0, 0.05) is 16.7 Å². The zero-order valence-corrected chi connectivity index (χ0v) is 35.6. The van der Waals surface area contributed by atoms with Crippen molar-refractivity contribution in [1.29, 1.82) is 10.5 Å². The van der Waals surface area contributed by atoms with E-state index in [2.05, 4.69) is 133 Å². The highest BCUT2D eigenvalue weighted by Gasteiger charge is 2.18. The third kappa shape index (κ3) is 7.43. The number of benzene rings is 10. The zero-order valence-electron chi connectivity index (χ0n) is 35.6. The van der Waals surface area contributed by atoms with Crippen molar-refractivity contribution in [2.75, 3.05) is 0 Å². The van der Waals surface area contributed by atoms with Crippen molar-refractivity contribution in [3.63, 3.8) is 0 Å². The molecule has 0 bridgehead atoms. The van der Waals surface area contributed by atoms with Crippen molar-refractivity contribution >= 4 is 21.5 Å². The Morgan fingerprint density at radius 1 is 0.273 bits per heavy atom. The Balaban J connectivity index is 0.972. The quantitative estimate of drug-likeness (QED) is 0.142. The molecule has 66 heavy (non-hydrogen) atoms. The molecular formula is C61H37N5. The number of hydrogen-bond acceptors (Lipinski definition) is 5. The lowest BCUT2D eigenvalue weighted by Crippen LogP contribution is -2.01. The number of nitriles is 2. The van der Waals surface area contributed by atoms with Crippen molar-refractivity contribution in [1.82, 2.24) is 15.0 Å². The van der Waals surface area contributed by atoms with Crippen LogP contribution in [0.1, 0.15) is 11.1 Å². The van der Waals surface area contributed by atoms with Crippen molar-refractivity contribution in [3.8, 4) is 102 Å². The maximum Gasteiger partial charge on any atom is 0.164 e. The highest BCUT2D eigenvalue weighted by Crippen LogP contribution is 2.41. The molecule has 5 nitrogen and oxygen atoms in total. The van der Waals surface area contributed by atoms with Crippen LogP contribution in [0.15, 0.2) is 224 Å². The van der Waals surface area contributed by atoms with Crippen LogP contribution in [0.4, 0.5) is 0 Å². The van der Waals surface area contributed by atoms with Gasteiger partial charge in [0.2, 0.25) is 0 Å². The Morgan fingerprint density at radius 3 is 1.39 bits per heavy atom. The molecule has 0 aliphatic rings. The Hall–Kier alpha value is -9.29. The van der Waals surface area contributed by atoms with Crippen molar-refractivity contribution in [2.24, 2.45) is 0 Å². The second-order valence-corrected chi connectivity index (χ2v) is 16.2. The predicted octanol–water partition coefficient (Wildman–Crippen LogP) is 15.3. The smallest absolute Gasteiger partial charge is 0.164 e. The van der Waals surface area contributed by atoms with E-state index in [9.17, 15) is 10.5 Å². The molecule has 0 saturated carbocycles. The molecule has 306 valence electrons. The summed E-state index contributed by atoms with van der Waals surface area (Å²) in [5.41, 5.74) is 14.2. The average molecular weight is 840 g/mol. The van der Waals surface area contributed by atoms with Crippen LogP contribution in [0, 0.1) is 22.7 Å². The summed E-state index contributed by atoms with van der Waals surface area (Å²) >= 11 is 0. The minimum atomic E-state index is 0.538. The van der Waals surface area contributed by atoms with Gasteiger partial charge in [-0.05, 0) is 101 Å². The Kier molecular flexibility index (Phi) is 10.3. The summed E-state index contributed by atoms with van der Waals surface area (Å²) in [6.45, 7) is 0. The third-order valence-electron chi connectivity index (χ3n) is 12.3. The SMILES string of the molecule is N#Cc1ccc(-c2ccccc2-c2nc(-c3ccccc3)nc(-c3ccc(-c4cc(C#N)ccc4-c4ccccc4-c4ccc(-c5cccc6ccc7ccccc7c56)cc4)cc3)n2)cc1. The molecule has 0 unspecified atom stereocenters. The molecule has 10 aromatic carbocycles. The summed E-state index contributed by atoms with van der Waals surface area (Å²) in [6, 6.07) is 81.2. The highest BCUT2D eigenvalue weighted by atomic mass is 15.0. The minimum Gasteiger partial charge on any atom is -0.208 e. The van der Waals surface area contributed by atoms with Gasteiger partial charge in [0.15, 0.2) is 17.5 Å². The fraction of sp³-hybridized carbons (Fsp3) is 0. The predicted molar refractivity (Wildman–Crippen MR) is 268 cm³/mol. The summed E-state index contributed by atoms with van der Waals surface area (Å²) in [4.78, 5) is 15.1.